The van der Waals surface area contributed by atoms with E-state index >= 15 is 0 Å². The molecular formula is C26H22N2O2S. The first-order valence-electron chi connectivity index (χ1n) is 10.4. The van der Waals surface area contributed by atoms with Gasteiger partial charge in [-0.15, -0.1) is 11.3 Å². The Bertz CT molecular complexity index is 1200. The van der Waals surface area contributed by atoms with Gasteiger partial charge in [0.05, 0.1) is 0 Å². The molecule has 5 rings (SSSR count). The zero-order valence-electron chi connectivity index (χ0n) is 17.0. The highest BCUT2D eigenvalue weighted by atomic mass is 32.1. The molecule has 1 atom stereocenters. The minimum absolute atomic E-state index is 0.122. The van der Waals surface area contributed by atoms with Crippen LogP contribution in [0.4, 0.5) is 0 Å². The molecule has 1 aliphatic rings. The summed E-state index contributed by atoms with van der Waals surface area (Å²) in [6.07, 6.45) is 7.66. The monoisotopic (exact) mass is 426 g/mol. The van der Waals surface area contributed by atoms with E-state index in [1.54, 1.807) is 17.5 Å². The molecule has 0 bridgehead atoms. The Morgan fingerprint density at radius 3 is 2.77 bits per heavy atom. The van der Waals surface area contributed by atoms with Crippen molar-refractivity contribution in [1.82, 2.24) is 9.97 Å². The van der Waals surface area contributed by atoms with Gasteiger partial charge in [-0.3, -0.25) is 4.79 Å². The van der Waals surface area contributed by atoms with Gasteiger partial charge in [-0.1, -0.05) is 36.4 Å². The molecular weight excluding hydrogens is 404 g/mol. The SMILES string of the molecule is O=C1/C(=C/c2cccs2)CCc2cc(OC(Cc3ncc[nH]3)c3ccccc3)ccc21. The van der Waals surface area contributed by atoms with Crippen LogP contribution in [0.2, 0.25) is 0 Å². The number of carbonyl (C=O) groups excluding carboxylic acids is 1. The number of imidazole rings is 1. The predicted octanol–water partition coefficient (Wildman–Crippen LogP) is 6.05. The average molecular weight is 427 g/mol. The summed E-state index contributed by atoms with van der Waals surface area (Å²) in [6.45, 7) is 0. The molecule has 0 radical (unpaired) electrons. The highest BCUT2D eigenvalue weighted by Crippen LogP contribution is 2.32. The number of carbonyl (C=O) groups is 1. The third-order valence-corrected chi connectivity index (χ3v) is 6.34. The molecule has 0 saturated heterocycles. The fourth-order valence-corrected chi connectivity index (χ4v) is 4.64. The molecule has 2 aromatic carbocycles. The van der Waals surface area contributed by atoms with Crippen molar-refractivity contribution in [2.24, 2.45) is 0 Å². The molecule has 1 N–H and O–H groups in total. The summed E-state index contributed by atoms with van der Waals surface area (Å²) in [6, 6.07) is 20.0. The van der Waals surface area contributed by atoms with Crippen molar-refractivity contribution >= 4 is 23.2 Å². The van der Waals surface area contributed by atoms with Crippen LogP contribution in [0.3, 0.4) is 0 Å². The number of aryl methyl sites for hydroxylation is 1. The fraction of sp³-hybridized carbons (Fsp3) is 0.154. The lowest BCUT2D eigenvalue weighted by Gasteiger charge is -2.22. The lowest BCUT2D eigenvalue weighted by molar-refractivity contribution is 0.102. The lowest BCUT2D eigenvalue weighted by atomic mass is 9.86. The van der Waals surface area contributed by atoms with Crippen LogP contribution in [0.1, 0.15) is 44.7 Å². The minimum atomic E-state index is -0.168. The topological polar surface area (TPSA) is 55.0 Å². The number of hydrogen-bond donors (Lipinski definition) is 1. The van der Waals surface area contributed by atoms with E-state index in [1.165, 1.54) is 0 Å². The average Bonchev–Trinajstić information content (AvgIpc) is 3.50. The van der Waals surface area contributed by atoms with Crippen molar-refractivity contribution in [1.29, 1.82) is 0 Å². The number of Topliss-reactive ketones (excluding diaryl/α,β-unsaturated/α-hetero) is 1. The Balaban J connectivity index is 1.39. The number of hydrogen-bond acceptors (Lipinski definition) is 4. The molecule has 0 amide bonds. The Labute approximate surface area is 185 Å². The van der Waals surface area contributed by atoms with Crippen molar-refractivity contribution in [3.63, 3.8) is 0 Å². The van der Waals surface area contributed by atoms with Gasteiger partial charge < -0.3 is 9.72 Å². The first-order valence-corrected chi connectivity index (χ1v) is 11.3. The van der Waals surface area contributed by atoms with E-state index in [0.717, 1.165) is 51.6 Å². The summed E-state index contributed by atoms with van der Waals surface area (Å²) in [5.41, 5.74) is 3.80. The van der Waals surface area contributed by atoms with E-state index in [0.29, 0.717) is 6.42 Å². The molecule has 1 unspecified atom stereocenters. The Morgan fingerprint density at radius 2 is 2.00 bits per heavy atom. The second kappa shape index (κ2) is 8.74. The number of ketones is 1. The summed E-state index contributed by atoms with van der Waals surface area (Å²) >= 11 is 1.65. The van der Waals surface area contributed by atoms with E-state index in [1.807, 2.05) is 66.2 Å². The Morgan fingerprint density at radius 1 is 1.10 bits per heavy atom. The van der Waals surface area contributed by atoms with Crippen LogP contribution in [0.25, 0.3) is 6.08 Å². The number of allylic oxidation sites excluding steroid dienone is 1. The van der Waals surface area contributed by atoms with E-state index in [9.17, 15) is 4.79 Å². The zero-order chi connectivity index (χ0) is 21.0. The summed E-state index contributed by atoms with van der Waals surface area (Å²) in [5, 5.41) is 2.03. The number of ether oxygens (including phenoxy) is 1. The van der Waals surface area contributed by atoms with Gasteiger partial charge in [0.1, 0.15) is 17.7 Å². The maximum atomic E-state index is 13.0. The summed E-state index contributed by atoms with van der Waals surface area (Å²) < 4.78 is 6.40. The van der Waals surface area contributed by atoms with Crippen LogP contribution in [0.15, 0.2) is 84.0 Å². The van der Waals surface area contributed by atoms with Crippen molar-refractivity contribution in [3.8, 4) is 5.75 Å². The van der Waals surface area contributed by atoms with Gasteiger partial charge in [0, 0.05) is 34.8 Å². The first kappa shape index (κ1) is 19.5. The zero-order valence-corrected chi connectivity index (χ0v) is 17.8. The highest BCUT2D eigenvalue weighted by Gasteiger charge is 2.23. The molecule has 31 heavy (non-hydrogen) atoms. The van der Waals surface area contributed by atoms with Crippen LogP contribution in [0, 0.1) is 0 Å². The third kappa shape index (κ3) is 4.37. The van der Waals surface area contributed by atoms with E-state index < -0.39 is 0 Å². The van der Waals surface area contributed by atoms with E-state index in [4.69, 9.17) is 4.74 Å². The molecule has 5 heteroatoms. The molecule has 4 nitrogen and oxygen atoms in total. The first-order chi connectivity index (χ1) is 15.3. The molecule has 2 heterocycles. The van der Waals surface area contributed by atoms with Crippen molar-refractivity contribution in [3.05, 3.63) is 111 Å². The minimum Gasteiger partial charge on any atom is -0.485 e. The summed E-state index contributed by atoms with van der Waals surface area (Å²) in [5.74, 6) is 1.78. The van der Waals surface area contributed by atoms with Crippen molar-refractivity contribution in [2.75, 3.05) is 0 Å². The molecule has 0 fully saturated rings. The maximum Gasteiger partial charge on any atom is 0.189 e. The quantitative estimate of drug-likeness (QED) is 0.382. The van der Waals surface area contributed by atoms with E-state index in [2.05, 4.69) is 22.1 Å². The largest absolute Gasteiger partial charge is 0.485 e. The highest BCUT2D eigenvalue weighted by molar-refractivity contribution is 7.10. The number of thiophene rings is 1. The second-order valence-corrected chi connectivity index (χ2v) is 8.57. The summed E-state index contributed by atoms with van der Waals surface area (Å²) in [4.78, 5) is 21.6. The van der Waals surface area contributed by atoms with Crippen molar-refractivity contribution < 1.29 is 9.53 Å². The molecule has 4 aromatic rings. The van der Waals surface area contributed by atoms with Gasteiger partial charge in [-0.2, -0.15) is 0 Å². The number of fused-ring (bicyclic) bond motifs is 1. The van der Waals surface area contributed by atoms with Gasteiger partial charge in [-0.05, 0) is 59.7 Å². The summed E-state index contributed by atoms with van der Waals surface area (Å²) in [7, 11) is 0. The number of rotatable bonds is 6. The normalized spacial score (nSPS) is 15.6. The lowest BCUT2D eigenvalue weighted by Crippen LogP contribution is -2.15. The van der Waals surface area contributed by atoms with Crippen molar-refractivity contribution in [2.45, 2.75) is 25.4 Å². The molecule has 2 aromatic heterocycles. The van der Waals surface area contributed by atoms with Gasteiger partial charge >= 0.3 is 0 Å². The molecule has 1 aliphatic carbocycles. The van der Waals surface area contributed by atoms with Crippen LogP contribution < -0.4 is 4.74 Å². The fourth-order valence-electron chi connectivity index (χ4n) is 3.96. The predicted molar refractivity (Wildman–Crippen MR) is 123 cm³/mol. The van der Waals surface area contributed by atoms with Gasteiger partial charge in [-0.25, -0.2) is 4.98 Å². The number of H-pyrrole nitrogens is 1. The van der Waals surface area contributed by atoms with Gasteiger partial charge in [0.2, 0.25) is 0 Å². The van der Waals surface area contributed by atoms with Crippen LogP contribution in [0.5, 0.6) is 5.75 Å². The molecule has 0 saturated carbocycles. The molecule has 0 aliphatic heterocycles. The Hall–Kier alpha value is -3.44. The number of nitrogens with zero attached hydrogens (tertiary/aromatic N) is 1. The second-order valence-electron chi connectivity index (χ2n) is 7.59. The third-order valence-electron chi connectivity index (χ3n) is 5.52. The van der Waals surface area contributed by atoms with Gasteiger partial charge in [0.15, 0.2) is 5.78 Å². The molecule has 0 spiro atoms. The Kier molecular flexibility index (Phi) is 5.50. The van der Waals surface area contributed by atoms with Crippen LogP contribution in [-0.2, 0) is 12.8 Å². The number of benzene rings is 2. The standard InChI is InChI=1S/C26H22N2O2S/c29-26-20(16-22-7-4-14-31-22)9-8-19-15-21(10-11-23(19)26)30-24(17-25-27-12-13-28-25)18-5-2-1-3-6-18/h1-7,10-16,24H,8-9,17H2,(H,27,28)/b20-16+. The number of nitrogens with one attached hydrogen (secondary N) is 1. The maximum absolute atomic E-state index is 13.0. The van der Waals surface area contributed by atoms with Crippen LogP contribution >= 0.6 is 11.3 Å². The number of aromatic amines is 1. The van der Waals surface area contributed by atoms with E-state index in [-0.39, 0.29) is 11.9 Å². The smallest absolute Gasteiger partial charge is 0.189 e. The van der Waals surface area contributed by atoms with Gasteiger partial charge in [0.25, 0.3) is 0 Å². The number of aromatic nitrogens is 2. The van der Waals surface area contributed by atoms with Crippen LogP contribution in [-0.4, -0.2) is 15.8 Å². The molecule has 154 valence electrons.